The minimum Gasteiger partial charge on any atom is -0.493 e. The van der Waals surface area contributed by atoms with Gasteiger partial charge in [-0.2, -0.15) is 5.10 Å². The second-order valence-electron chi connectivity index (χ2n) is 4.98. The number of nitrogens with one attached hydrogen (secondary N) is 1. The Morgan fingerprint density at radius 2 is 1.83 bits per heavy atom. The third-order valence-corrected chi connectivity index (χ3v) is 3.28. The van der Waals surface area contributed by atoms with Crippen molar-refractivity contribution in [2.24, 2.45) is 5.10 Å². The van der Waals surface area contributed by atoms with Gasteiger partial charge in [0.2, 0.25) is 5.91 Å². The van der Waals surface area contributed by atoms with Crippen molar-refractivity contribution in [3.05, 3.63) is 59.1 Å². The molecule has 0 unspecified atom stereocenters. The summed E-state index contributed by atoms with van der Waals surface area (Å²) in [4.78, 5) is 10.7. The molecular formula is C18H19ClN2O3. The van der Waals surface area contributed by atoms with Crippen molar-refractivity contribution >= 4 is 23.7 Å². The molecule has 6 heteroatoms. The van der Waals surface area contributed by atoms with Crippen molar-refractivity contribution in [3.8, 4) is 11.5 Å². The number of carbonyl (C=O) groups excluding carboxylic acids is 1. The molecule has 0 aliphatic heterocycles. The Hall–Kier alpha value is -2.53. The lowest BCUT2D eigenvalue weighted by Crippen LogP contribution is -2.12. The van der Waals surface area contributed by atoms with Gasteiger partial charge in [-0.1, -0.05) is 23.7 Å². The van der Waals surface area contributed by atoms with Crippen LogP contribution < -0.4 is 14.9 Å². The molecular weight excluding hydrogens is 328 g/mol. The molecule has 5 nitrogen and oxygen atoms in total. The minimum absolute atomic E-state index is 0.204. The second-order valence-corrected chi connectivity index (χ2v) is 5.38. The zero-order valence-electron chi connectivity index (χ0n) is 13.4. The number of rotatable bonds is 8. The predicted octanol–water partition coefficient (Wildman–Crippen LogP) is 3.66. The van der Waals surface area contributed by atoms with Crippen LogP contribution in [0.25, 0.3) is 0 Å². The van der Waals surface area contributed by atoms with Gasteiger partial charge in [0.15, 0.2) is 0 Å². The average molecular weight is 347 g/mol. The molecule has 0 heterocycles. The van der Waals surface area contributed by atoms with E-state index in [4.69, 9.17) is 21.1 Å². The first kappa shape index (κ1) is 17.8. The lowest BCUT2D eigenvalue weighted by atomic mass is 10.2. The van der Waals surface area contributed by atoms with E-state index in [1.54, 1.807) is 12.3 Å². The summed E-state index contributed by atoms with van der Waals surface area (Å²) in [5.74, 6) is 1.25. The Balaban J connectivity index is 1.68. The second kappa shape index (κ2) is 9.57. The van der Waals surface area contributed by atoms with Gasteiger partial charge in [-0.3, -0.25) is 4.79 Å². The molecule has 0 aliphatic rings. The average Bonchev–Trinajstić information content (AvgIpc) is 2.57. The molecule has 0 radical (unpaired) electrons. The van der Waals surface area contributed by atoms with Gasteiger partial charge in [0.05, 0.1) is 24.5 Å². The van der Waals surface area contributed by atoms with Crippen molar-refractivity contribution in [2.45, 2.75) is 13.3 Å². The summed E-state index contributed by atoms with van der Waals surface area (Å²) in [7, 11) is 0. The fraction of sp³-hybridized carbons (Fsp3) is 0.222. The topological polar surface area (TPSA) is 59.9 Å². The smallest absolute Gasteiger partial charge is 0.236 e. The van der Waals surface area contributed by atoms with Gasteiger partial charge in [-0.05, 0) is 42.0 Å². The monoisotopic (exact) mass is 346 g/mol. The van der Waals surface area contributed by atoms with E-state index >= 15 is 0 Å². The van der Waals surface area contributed by atoms with E-state index in [9.17, 15) is 4.79 Å². The largest absolute Gasteiger partial charge is 0.493 e. The number of hydrogen-bond donors (Lipinski definition) is 1. The predicted molar refractivity (Wildman–Crippen MR) is 94.9 cm³/mol. The minimum atomic E-state index is -0.204. The first-order valence-corrected chi connectivity index (χ1v) is 7.93. The molecule has 0 atom stereocenters. The van der Waals surface area contributed by atoms with Gasteiger partial charge in [0.25, 0.3) is 0 Å². The Bertz CT molecular complexity index is 687. The molecule has 0 saturated heterocycles. The molecule has 0 aliphatic carbocycles. The Labute approximate surface area is 146 Å². The van der Waals surface area contributed by atoms with Crippen LogP contribution in [0.4, 0.5) is 0 Å². The molecule has 1 amide bonds. The molecule has 24 heavy (non-hydrogen) atoms. The van der Waals surface area contributed by atoms with Crippen molar-refractivity contribution < 1.29 is 14.3 Å². The number of halogens is 1. The van der Waals surface area contributed by atoms with Crippen LogP contribution in [0.15, 0.2) is 53.6 Å². The Morgan fingerprint density at radius 3 is 2.54 bits per heavy atom. The standard InChI is InChI=1S/C18H19ClN2O3/c1-14(22)21-20-13-15-7-9-16(10-8-15)23-11-4-12-24-18-6-3-2-5-17(18)19/h2-3,5-10,13H,4,11-12H2,1H3,(H,21,22)/b20-13+. The van der Waals surface area contributed by atoms with Crippen molar-refractivity contribution in [2.75, 3.05) is 13.2 Å². The molecule has 0 fully saturated rings. The number of carbonyl (C=O) groups is 1. The number of hydrazone groups is 1. The van der Waals surface area contributed by atoms with Gasteiger partial charge >= 0.3 is 0 Å². The van der Waals surface area contributed by atoms with E-state index in [2.05, 4.69) is 10.5 Å². The normalized spacial score (nSPS) is 10.6. The summed E-state index contributed by atoms with van der Waals surface area (Å²) >= 11 is 6.01. The SMILES string of the molecule is CC(=O)N/N=C/c1ccc(OCCCOc2ccccc2Cl)cc1. The number of hydrogen-bond acceptors (Lipinski definition) is 4. The van der Waals surface area contributed by atoms with Gasteiger partial charge in [-0.15, -0.1) is 0 Å². The highest BCUT2D eigenvalue weighted by Gasteiger charge is 2.00. The van der Waals surface area contributed by atoms with Crippen LogP contribution >= 0.6 is 11.6 Å². The Kier molecular flexibility index (Phi) is 7.11. The third kappa shape index (κ3) is 6.30. The summed E-state index contributed by atoms with van der Waals surface area (Å²) in [5.41, 5.74) is 3.22. The van der Waals surface area contributed by atoms with E-state index in [-0.39, 0.29) is 5.91 Å². The first-order valence-electron chi connectivity index (χ1n) is 7.55. The van der Waals surface area contributed by atoms with Gasteiger partial charge < -0.3 is 9.47 Å². The molecule has 2 aromatic rings. The van der Waals surface area contributed by atoms with Crippen molar-refractivity contribution in [1.29, 1.82) is 0 Å². The van der Waals surface area contributed by atoms with E-state index < -0.39 is 0 Å². The van der Waals surface area contributed by atoms with Crippen molar-refractivity contribution in [1.82, 2.24) is 5.43 Å². The highest BCUT2D eigenvalue weighted by Crippen LogP contribution is 2.23. The number of ether oxygens (including phenoxy) is 2. The highest BCUT2D eigenvalue weighted by atomic mass is 35.5. The number of amides is 1. The Morgan fingerprint density at radius 1 is 1.12 bits per heavy atom. The van der Waals surface area contributed by atoms with Gasteiger partial charge in [0, 0.05) is 13.3 Å². The summed E-state index contributed by atoms with van der Waals surface area (Å²) in [6, 6.07) is 14.8. The number of benzene rings is 2. The maximum atomic E-state index is 10.7. The molecule has 0 saturated carbocycles. The molecule has 2 rings (SSSR count). The van der Waals surface area contributed by atoms with Crippen LogP contribution in [0.2, 0.25) is 5.02 Å². The molecule has 0 spiro atoms. The quantitative estimate of drug-likeness (QED) is 0.451. The van der Waals surface area contributed by atoms with Crippen molar-refractivity contribution in [3.63, 3.8) is 0 Å². The van der Waals surface area contributed by atoms with E-state index in [1.807, 2.05) is 42.5 Å². The van der Waals surface area contributed by atoms with Gasteiger partial charge in [-0.25, -0.2) is 5.43 Å². The fourth-order valence-electron chi connectivity index (χ4n) is 1.84. The lowest BCUT2D eigenvalue weighted by Gasteiger charge is -2.09. The lowest BCUT2D eigenvalue weighted by molar-refractivity contribution is -0.118. The van der Waals surface area contributed by atoms with Crippen LogP contribution in [0, 0.1) is 0 Å². The van der Waals surface area contributed by atoms with Crippen LogP contribution in [-0.4, -0.2) is 25.3 Å². The molecule has 1 N–H and O–H groups in total. The zero-order chi connectivity index (χ0) is 17.2. The third-order valence-electron chi connectivity index (χ3n) is 2.97. The van der Waals surface area contributed by atoms with E-state index in [0.717, 1.165) is 17.7 Å². The maximum absolute atomic E-state index is 10.7. The van der Waals surface area contributed by atoms with Gasteiger partial charge in [0.1, 0.15) is 11.5 Å². The first-order chi connectivity index (χ1) is 11.6. The summed E-state index contributed by atoms with van der Waals surface area (Å²) < 4.78 is 11.2. The van der Waals surface area contributed by atoms with Crippen LogP contribution in [0.1, 0.15) is 18.9 Å². The molecule has 0 aromatic heterocycles. The molecule has 0 bridgehead atoms. The molecule has 126 valence electrons. The van der Waals surface area contributed by atoms with Crippen LogP contribution in [0.5, 0.6) is 11.5 Å². The summed E-state index contributed by atoms with van der Waals surface area (Å²) in [5, 5.41) is 4.41. The van der Waals surface area contributed by atoms with E-state index in [1.165, 1.54) is 6.92 Å². The highest BCUT2D eigenvalue weighted by molar-refractivity contribution is 6.32. The fourth-order valence-corrected chi connectivity index (χ4v) is 2.03. The van der Waals surface area contributed by atoms with Crippen LogP contribution in [-0.2, 0) is 4.79 Å². The number of para-hydroxylation sites is 1. The van der Waals surface area contributed by atoms with E-state index in [0.29, 0.717) is 24.0 Å². The number of nitrogens with zero attached hydrogens (tertiary/aromatic N) is 1. The van der Waals surface area contributed by atoms with Crippen LogP contribution in [0.3, 0.4) is 0 Å². The molecule has 2 aromatic carbocycles. The zero-order valence-corrected chi connectivity index (χ0v) is 14.1. The summed E-state index contributed by atoms with van der Waals surface area (Å²) in [6.07, 6.45) is 2.32. The summed E-state index contributed by atoms with van der Waals surface area (Å²) in [6.45, 7) is 2.48. The maximum Gasteiger partial charge on any atom is 0.236 e.